The molecule has 2 saturated carbocycles. The van der Waals surface area contributed by atoms with Crippen LogP contribution in [0.3, 0.4) is 0 Å². The third-order valence-corrected chi connectivity index (χ3v) is 8.49. The smallest absolute Gasteiger partial charge is 0.0646 e. The van der Waals surface area contributed by atoms with Crippen LogP contribution in [0.4, 0.5) is 0 Å². The molecule has 2 fully saturated rings. The number of nitrogens with zero attached hydrogens (tertiary/aromatic N) is 1. The van der Waals surface area contributed by atoms with Crippen LogP contribution in [0.5, 0.6) is 0 Å². The number of hydrogen-bond donors (Lipinski definition) is 2. The second-order valence-electron chi connectivity index (χ2n) is 12.3. The van der Waals surface area contributed by atoms with E-state index in [1.54, 1.807) is 0 Å². The van der Waals surface area contributed by atoms with Gasteiger partial charge in [-0.3, -0.25) is 0 Å². The molecule has 0 amide bonds. The van der Waals surface area contributed by atoms with E-state index in [1.807, 2.05) is 24.4 Å². The molecule has 2 N–H and O–H groups in total. The number of fused-ring (bicyclic) bond motifs is 2. The van der Waals surface area contributed by atoms with Gasteiger partial charge >= 0.3 is 0 Å². The van der Waals surface area contributed by atoms with Gasteiger partial charge in [0, 0.05) is 32.2 Å². The van der Waals surface area contributed by atoms with E-state index >= 15 is 0 Å². The standard InChI is InChI=1S/C18H16N.C14H26O2.Ir/c1-13(2)15-9-6-10-17-16(15)11-12-19-18(17)14-7-4-3-5-8-14;1-13(2)7-5-6-9-8-14(3,4)12(16)10(9)11(13)15;/h3-7,9-13H,1-2H3;9-12,15-16H,5-8H2,1-4H3;/q-1;;. The number of benzene rings is 2. The first kappa shape index (κ1) is 29.0. The van der Waals surface area contributed by atoms with Crippen LogP contribution in [0.15, 0.2) is 54.7 Å². The van der Waals surface area contributed by atoms with Crippen LogP contribution in [-0.4, -0.2) is 27.4 Å². The number of rotatable bonds is 2. The molecule has 3 nitrogen and oxygen atoms in total. The molecular weight excluding hydrogens is 623 g/mol. The van der Waals surface area contributed by atoms with Crippen LogP contribution in [-0.2, 0) is 20.1 Å². The predicted octanol–water partition coefficient (Wildman–Crippen LogP) is 7.40. The van der Waals surface area contributed by atoms with Crippen LogP contribution >= 0.6 is 0 Å². The van der Waals surface area contributed by atoms with Crippen molar-refractivity contribution in [2.24, 2.45) is 22.7 Å². The molecule has 2 aromatic carbocycles. The van der Waals surface area contributed by atoms with Crippen molar-refractivity contribution in [3.63, 3.8) is 0 Å². The minimum Gasteiger partial charge on any atom is -0.392 e. The van der Waals surface area contributed by atoms with Crippen LogP contribution < -0.4 is 0 Å². The third kappa shape index (κ3) is 5.78. The van der Waals surface area contributed by atoms with E-state index in [0.29, 0.717) is 11.8 Å². The molecule has 197 valence electrons. The van der Waals surface area contributed by atoms with Gasteiger partial charge < -0.3 is 15.2 Å². The zero-order chi connectivity index (χ0) is 25.4. The van der Waals surface area contributed by atoms with Gasteiger partial charge in [0.2, 0.25) is 0 Å². The van der Waals surface area contributed by atoms with E-state index in [4.69, 9.17) is 0 Å². The van der Waals surface area contributed by atoms with Gasteiger partial charge in [-0.15, -0.1) is 35.9 Å². The molecule has 36 heavy (non-hydrogen) atoms. The largest absolute Gasteiger partial charge is 0.392 e. The molecule has 4 atom stereocenters. The van der Waals surface area contributed by atoms with Crippen LogP contribution in [0.1, 0.15) is 78.7 Å². The maximum atomic E-state index is 10.5. The fourth-order valence-electron chi connectivity index (χ4n) is 6.42. The van der Waals surface area contributed by atoms with E-state index in [0.717, 1.165) is 24.1 Å². The summed E-state index contributed by atoms with van der Waals surface area (Å²) in [5.74, 6) is 1.12. The van der Waals surface area contributed by atoms with Crippen molar-refractivity contribution in [1.29, 1.82) is 0 Å². The molecule has 1 aromatic heterocycles. The Morgan fingerprint density at radius 1 is 0.917 bits per heavy atom. The van der Waals surface area contributed by atoms with Crippen LogP contribution in [0.25, 0.3) is 22.0 Å². The molecule has 1 radical (unpaired) electrons. The van der Waals surface area contributed by atoms with Gasteiger partial charge in [-0.2, -0.15) is 0 Å². The minimum absolute atomic E-state index is 0. The molecule has 2 aliphatic carbocycles. The first-order chi connectivity index (χ1) is 16.5. The number of aliphatic hydroxyl groups excluding tert-OH is 2. The van der Waals surface area contributed by atoms with Gasteiger partial charge in [0.1, 0.15) is 0 Å². The molecule has 2 aliphatic rings. The summed E-state index contributed by atoms with van der Waals surface area (Å²) in [5, 5.41) is 23.4. The maximum absolute atomic E-state index is 10.5. The van der Waals surface area contributed by atoms with Gasteiger partial charge in [0.05, 0.1) is 12.2 Å². The van der Waals surface area contributed by atoms with Crippen molar-refractivity contribution in [3.05, 3.63) is 66.4 Å². The zero-order valence-corrected chi connectivity index (χ0v) is 25.0. The Kier molecular flexibility index (Phi) is 9.21. The molecule has 0 bridgehead atoms. The van der Waals surface area contributed by atoms with Crippen LogP contribution in [0, 0.1) is 28.7 Å². The van der Waals surface area contributed by atoms with E-state index in [-0.39, 0.29) is 49.1 Å². The molecule has 5 rings (SSSR count). The number of aromatic nitrogens is 1. The number of aliphatic hydroxyl groups is 2. The quantitative estimate of drug-likeness (QED) is 0.281. The molecule has 4 unspecified atom stereocenters. The van der Waals surface area contributed by atoms with E-state index in [1.165, 1.54) is 29.2 Å². The fraction of sp³-hybridized carbons (Fsp3) is 0.531. The number of hydrogen-bond acceptors (Lipinski definition) is 3. The third-order valence-electron chi connectivity index (χ3n) is 8.49. The van der Waals surface area contributed by atoms with E-state index in [9.17, 15) is 10.2 Å². The van der Waals surface area contributed by atoms with Gasteiger partial charge in [-0.05, 0) is 70.0 Å². The first-order valence-corrected chi connectivity index (χ1v) is 13.2. The monoisotopic (exact) mass is 665 g/mol. The average molecular weight is 665 g/mol. The Balaban J connectivity index is 0.000000198. The number of pyridine rings is 1. The SMILES string of the molecule is CC(C)c1cccc2c(-c3[c-]cccc3)nccc12.CC1(C)CCCC2CC(C)(C)C(O)C2C1O.[Ir]. The second-order valence-corrected chi connectivity index (χ2v) is 12.3. The Morgan fingerprint density at radius 3 is 2.31 bits per heavy atom. The van der Waals surface area contributed by atoms with Gasteiger partial charge in [0.15, 0.2) is 0 Å². The second kappa shape index (κ2) is 11.4. The summed E-state index contributed by atoms with van der Waals surface area (Å²) in [6.45, 7) is 13.0. The summed E-state index contributed by atoms with van der Waals surface area (Å²) in [5.41, 5.74) is 3.37. The predicted molar refractivity (Wildman–Crippen MR) is 145 cm³/mol. The fourth-order valence-corrected chi connectivity index (χ4v) is 6.42. The van der Waals surface area contributed by atoms with Gasteiger partial charge in [0.25, 0.3) is 0 Å². The van der Waals surface area contributed by atoms with Gasteiger partial charge in [-0.1, -0.05) is 66.2 Å². The van der Waals surface area contributed by atoms with Crippen molar-refractivity contribution in [1.82, 2.24) is 4.98 Å². The van der Waals surface area contributed by atoms with E-state index < -0.39 is 0 Å². The topological polar surface area (TPSA) is 53.4 Å². The summed E-state index contributed by atoms with van der Waals surface area (Å²) in [6, 6.07) is 19.8. The molecule has 0 saturated heterocycles. The van der Waals surface area contributed by atoms with Gasteiger partial charge in [-0.25, -0.2) is 0 Å². The molecule has 0 spiro atoms. The molecular formula is C32H42IrNO2-. The molecule has 4 heteroatoms. The minimum atomic E-state index is -0.350. The van der Waals surface area contributed by atoms with Crippen LogP contribution in [0.2, 0.25) is 0 Å². The normalized spacial score (nSPS) is 26.4. The summed E-state index contributed by atoms with van der Waals surface area (Å²) in [4.78, 5) is 4.55. The Bertz CT molecular complexity index is 1140. The van der Waals surface area contributed by atoms with Crippen molar-refractivity contribution in [2.75, 3.05) is 0 Å². The summed E-state index contributed by atoms with van der Waals surface area (Å²) >= 11 is 0. The molecule has 3 aromatic rings. The summed E-state index contributed by atoms with van der Waals surface area (Å²) < 4.78 is 0. The van der Waals surface area contributed by atoms with Crippen molar-refractivity contribution >= 4 is 10.8 Å². The first-order valence-electron chi connectivity index (χ1n) is 13.2. The Hall–Kier alpha value is -1.58. The van der Waals surface area contributed by atoms with Crippen molar-refractivity contribution in [3.8, 4) is 11.3 Å². The Morgan fingerprint density at radius 2 is 1.64 bits per heavy atom. The summed E-state index contributed by atoms with van der Waals surface area (Å²) in [7, 11) is 0. The maximum Gasteiger partial charge on any atom is 0.0646 e. The molecule has 1 heterocycles. The van der Waals surface area contributed by atoms with E-state index in [2.05, 4.69) is 82.9 Å². The summed E-state index contributed by atoms with van der Waals surface area (Å²) in [6.07, 6.45) is 5.70. The van der Waals surface area contributed by atoms with Crippen molar-refractivity contribution in [2.45, 2.75) is 85.4 Å². The molecule has 0 aliphatic heterocycles. The van der Waals surface area contributed by atoms with Crippen molar-refractivity contribution < 1.29 is 30.3 Å². The Labute approximate surface area is 231 Å². The average Bonchev–Trinajstić information content (AvgIpc) is 2.99. The zero-order valence-electron chi connectivity index (χ0n) is 22.6.